The molecule has 1 fully saturated rings. The van der Waals surface area contributed by atoms with E-state index in [0.29, 0.717) is 28.9 Å². The first-order chi connectivity index (χ1) is 17.3. The zero-order chi connectivity index (χ0) is 25.6. The Hall–Kier alpha value is -4.04. The van der Waals surface area contributed by atoms with E-state index in [1.54, 1.807) is 10.9 Å². The van der Waals surface area contributed by atoms with Gasteiger partial charge in [0.05, 0.1) is 30.6 Å². The Labute approximate surface area is 207 Å². The van der Waals surface area contributed by atoms with E-state index in [2.05, 4.69) is 39.5 Å². The van der Waals surface area contributed by atoms with E-state index >= 15 is 0 Å². The maximum atomic E-state index is 14.5. The van der Waals surface area contributed by atoms with E-state index in [1.165, 1.54) is 23.8 Å². The molecule has 0 saturated carbocycles. The van der Waals surface area contributed by atoms with Crippen LogP contribution in [0.4, 0.5) is 16.0 Å². The molecule has 10 nitrogen and oxygen atoms in total. The molecule has 1 N–H and O–H groups in total. The molecule has 186 valence electrons. The van der Waals surface area contributed by atoms with Crippen LogP contribution in [0.25, 0.3) is 16.6 Å². The highest BCUT2D eigenvalue weighted by molar-refractivity contribution is 5.93. The van der Waals surface area contributed by atoms with Gasteiger partial charge in [0.25, 0.3) is 5.95 Å². The fourth-order valence-corrected chi connectivity index (χ4v) is 4.70. The van der Waals surface area contributed by atoms with Crippen LogP contribution in [0, 0.1) is 18.2 Å². The highest BCUT2D eigenvalue weighted by Gasteiger charge is 2.31. The molecule has 0 spiro atoms. The molecule has 36 heavy (non-hydrogen) atoms. The van der Waals surface area contributed by atoms with Crippen LogP contribution in [0.15, 0.2) is 29.5 Å². The number of hydrogen-bond acceptors (Lipinski definition) is 8. The van der Waals surface area contributed by atoms with Gasteiger partial charge in [-0.1, -0.05) is 5.92 Å². The predicted octanol–water partition coefficient (Wildman–Crippen LogP) is 3.28. The number of methoxy groups -OCH3 is 1. The maximum absolute atomic E-state index is 14.5. The van der Waals surface area contributed by atoms with Gasteiger partial charge in [0.15, 0.2) is 23.0 Å². The van der Waals surface area contributed by atoms with Crippen LogP contribution in [0.3, 0.4) is 0 Å². The number of nitrogens with zero attached hydrogens (tertiary/aromatic N) is 8. The highest BCUT2D eigenvalue weighted by Crippen LogP contribution is 2.34. The van der Waals surface area contributed by atoms with Gasteiger partial charge in [-0.2, -0.15) is 9.61 Å². The second-order valence-electron chi connectivity index (χ2n) is 9.09. The standard InChI is InChI=1S/C25H27FN8O2/c1-6-21(35)15(3)33-13-17(11-28-33)32-12-16(8-7-14(32)2)23-30-24-18-9-19(26)22(36-5)10-20(18)29-25(27-4)34(24)31-23/h1,9-11,13-16,21,35H,4,7-8,12H2,2-3,5H3/t14-,15-,16+,21+/m0/s1. The lowest BCUT2D eigenvalue weighted by Gasteiger charge is -2.37. The van der Waals surface area contributed by atoms with E-state index in [-0.39, 0.29) is 29.7 Å². The molecule has 1 aliphatic rings. The average Bonchev–Trinajstić information content (AvgIpc) is 3.56. The Kier molecular flexibility index (Phi) is 6.05. The number of benzene rings is 1. The Morgan fingerprint density at radius 3 is 2.86 bits per heavy atom. The third-order valence-electron chi connectivity index (χ3n) is 6.90. The SMILES string of the molecule is C#C[C@@H](O)[C@H](C)n1cc(N2C[C@H](c3nc4c5cc(F)c(OC)cc5nc(N=C)n4n3)CC[C@@H]2C)cn1. The van der Waals surface area contributed by atoms with Gasteiger partial charge in [-0.05, 0) is 39.5 Å². The maximum Gasteiger partial charge on any atom is 0.252 e. The number of piperidine rings is 1. The monoisotopic (exact) mass is 490 g/mol. The number of halogens is 1. The minimum Gasteiger partial charge on any atom is -0.494 e. The Bertz CT molecular complexity index is 1490. The number of terminal acetylenes is 1. The quantitative estimate of drug-likeness (QED) is 0.327. The van der Waals surface area contributed by atoms with E-state index in [4.69, 9.17) is 21.2 Å². The zero-order valence-electron chi connectivity index (χ0n) is 20.3. The molecular weight excluding hydrogens is 463 g/mol. The van der Waals surface area contributed by atoms with Crippen molar-refractivity contribution < 1.29 is 14.2 Å². The summed E-state index contributed by atoms with van der Waals surface area (Å²) in [4.78, 5) is 15.5. The van der Waals surface area contributed by atoms with Crippen LogP contribution in [0.5, 0.6) is 5.75 Å². The second kappa shape index (κ2) is 9.20. The van der Waals surface area contributed by atoms with Crippen molar-refractivity contribution >= 4 is 34.9 Å². The van der Waals surface area contributed by atoms with Crippen molar-refractivity contribution in [3.63, 3.8) is 0 Å². The van der Waals surface area contributed by atoms with Crippen molar-refractivity contribution in [1.82, 2.24) is 29.4 Å². The molecule has 4 heterocycles. The van der Waals surface area contributed by atoms with Crippen molar-refractivity contribution in [2.24, 2.45) is 4.99 Å². The van der Waals surface area contributed by atoms with Crippen molar-refractivity contribution in [3.05, 3.63) is 36.2 Å². The number of aliphatic hydroxyl groups excluding tert-OH is 1. The molecular formula is C25H27FN8O2. The molecule has 0 amide bonds. The summed E-state index contributed by atoms with van der Waals surface area (Å²) in [6, 6.07) is 2.81. The van der Waals surface area contributed by atoms with Crippen molar-refractivity contribution in [1.29, 1.82) is 0 Å². The number of aromatic nitrogens is 6. The lowest BCUT2D eigenvalue weighted by Crippen LogP contribution is -2.41. The van der Waals surface area contributed by atoms with Gasteiger partial charge in [-0.25, -0.2) is 19.4 Å². The van der Waals surface area contributed by atoms with Gasteiger partial charge in [0.1, 0.15) is 6.10 Å². The van der Waals surface area contributed by atoms with E-state index in [9.17, 15) is 9.50 Å². The lowest BCUT2D eigenvalue weighted by atomic mass is 9.92. The van der Waals surface area contributed by atoms with Crippen LogP contribution in [0.1, 0.15) is 44.5 Å². The van der Waals surface area contributed by atoms with E-state index in [0.717, 1.165) is 18.5 Å². The Balaban J connectivity index is 1.50. The molecule has 0 aliphatic carbocycles. The molecule has 0 unspecified atom stereocenters. The van der Waals surface area contributed by atoms with Gasteiger partial charge < -0.3 is 14.7 Å². The molecule has 1 aromatic carbocycles. The van der Waals surface area contributed by atoms with E-state index in [1.807, 2.05) is 13.1 Å². The van der Waals surface area contributed by atoms with Crippen LogP contribution >= 0.6 is 0 Å². The van der Waals surface area contributed by atoms with Crippen LogP contribution < -0.4 is 9.64 Å². The molecule has 4 aromatic rings. The molecule has 1 saturated heterocycles. The molecule has 3 aromatic heterocycles. The van der Waals surface area contributed by atoms with Gasteiger partial charge in [-0.15, -0.1) is 11.5 Å². The highest BCUT2D eigenvalue weighted by atomic mass is 19.1. The summed E-state index contributed by atoms with van der Waals surface area (Å²) in [6.45, 7) is 8.27. The summed E-state index contributed by atoms with van der Waals surface area (Å²) in [5, 5.41) is 19.6. The second-order valence-corrected chi connectivity index (χ2v) is 9.09. The summed E-state index contributed by atoms with van der Waals surface area (Å²) in [5.74, 6) is 2.86. The first-order valence-corrected chi connectivity index (χ1v) is 11.7. The first-order valence-electron chi connectivity index (χ1n) is 11.7. The smallest absolute Gasteiger partial charge is 0.252 e. The largest absolute Gasteiger partial charge is 0.494 e. The fraction of sp³-hybridized carbons (Fsp3) is 0.400. The number of aliphatic hydroxyl groups is 1. The van der Waals surface area contributed by atoms with Gasteiger partial charge in [-0.3, -0.25) is 4.68 Å². The minimum atomic E-state index is -0.924. The molecule has 4 atom stereocenters. The number of ether oxygens (including phenoxy) is 1. The number of anilines is 1. The normalized spacial score (nSPS) is 19.8. The number of aliphatic imine (C=N–C) groups is 1. The predicted molar refractivity (Wildman–Crippen MR) is 135 cm³/mol. The zero-order valence-corrected chi connectivity index (χ0v) is 20.3. The minimum absolute atomic E-state index is 0.0222. The van der Waals surface area contributed by atoms with Crippen molar-refractivity contribution in [3.8, 4) is 18.1 Å². The summed E-state index contributed by atoms with van der Waals surface area (Å²) in [6.07, 6.45) is 9.93. The van der Waals surface area contributed by atoms with E-state index < -0.39 is 11.9 Å². The van der Waals surface area contributed by atoms with Gasteiger partial charge >= 0.3 is 0 Å². The van der Waals surface area contributed by atoms with Crippen LogP contribution in [-0.2, 0) is 0 Å². The van der Waals surface area contributed by atoms with Gasteiger partial charge in [0.2, 0.25) is 0 Å². The van der Waals surface area contributed by atoms with Crippen molar-refractivity contribution in [2.45, 2.75) is 50.8 Å². The molecule has 11 heteroatoms. The van der Waals surface area contributed by atoms with Gasteiger partial charge in [0, 0.05) is 36.2 Å². The number of rotatable bonds is 6. The molecule has 5 rings (SSSR count). The lowest BCUT2D eigenvalue weighted by molar-refractivity contribution is 0.167. The van der Waals surface area contributed by atoms with Crippen molar-refractivity contribution in [2.75, 3.05) is 18.6 Å². The van der Waals surface area contributed by atoms with Crippen LogP contribution in [0.2, 0.25) is 0 Å². The topological polar surface area (TPSA) is 106 Å². The summed E-state index contributed by atoms with van der Waals surface area (Å²) >= 11 is 0. The molecule has 0 radical (unpaired) electrons. The van der Waals surface area contributed by atoms with Crippen LogP contribution in [-0.4, -0.2) is 67.0 Å². The first kappa shape index (κ1) is 23.7. The summed E-state index contributed by atoms with van der Waals surface area (Å²) < 4.78 is 22.8. The summed E-state index contributed by atoms with van der Waals surface area (Å²) in [7, 11) is 1.40. The summed E-state index contributed by atoms with van der Waals surface area (Å²) in [5.41, 5.74) is 1.90. The third-order valence-corrected chi connectivity index (χ3v) is 6.90. The average molecular weight is 491 g/mol. The number of hydrogen-bond donors (Lipinski definition) is 1. The molecule has 0 bridgehead atoms. The number of fused-ring (bicyclic) bond motifs is 3. The Morgan fingerprint density at radius 1 is 1.33 bits per heavy atom. The fourth-order valence-electron chi connectivity index (χ4n) is 4.70. The molecule has 1 aliphatic heterocycles. The Morgan fingerprint density at radius 2 is 2.14 bits per heavy atom. The third kappa shape index (κ3) is 3.93.